The number of piperidine rings is 1. The zero-order valence-electron chi connectivity index (χ0n) is 13.0. The molecule has 1 heterocycles. The molecule has 0 aliphatic carbocycles. The van der Waals surface area contributed by atoms with Gasteiger partial charge in [0.1, 0.15) is 5.60 Å². The number of nitrogens with zero attached hydrogens (tertiary/aromatic N) is 1. The maximum absolute atomic E-state index is 11.4. The molecule has 122 valence electrons. The second-order valence-electron chi connectivity index (χ2n) is 6.39. The summed E-state index contributed by atoms with van der Waals surface area (Å²) in [5.41, 5.74) is -0.535. The Morgan fingerprint density at radius 1 is 1.33 bits per heavy atom. The van der Waals surface area contributed by atoms with Crippen LogP contribution >= 0.6 is 0 Å². The summed E-state index contributed by atoms with van der Waals surface area (Å²) >= 11 is 0. The number of carbonyl (C=O) groups excluding carboxylic acids is 1. The third kappa shape index (κ3) is 6.66. The molecular weight excluding hydrogens is 276 g/mol. The fourth-order valence-corrected chi connectivity index (χ4v) is 2.35. The molecule has 0 bridgehead atoms. The van der Waals surface area contributed by atoms with Crippen LogP contribution in [0.3, 0.4) is 0 Å². The van der Waals surface area contributed by atoms with Crippen molar-refractivity contribution in [3.05, 3.63) is 0 Å². The van der Waals surface area contributed by atoms with E-state index in [2.05, 4.69) is 5.32 Å². The topological polar surface area (TPSA) is 99.1 Å². The van der Waals surface area contributed by atoms with Gasteiger partial charge >= 0.3 is 12.2 Å². The summed E-state index contributed by atoms with van der Waals surface area (Å²) in [5.74, 6) is 0.0843. The number of alkyl carbamates (subject to hydrolysis) is 1. The second kappa shape index (κ2) is 7.49. The Morgan fingerprint density at radius 2 is 1.90 bits per heavy atom. The number of rotatable bonds is 4. The van der Waals surface area contributed by atoms with Gasteiger partial charge in [0.2, 0.25) is 0 Å². The molecule has 1 saturated heterocycles. The van der Waals surface area contributed by atoms with Crippen molar-refractivity contribution in [3.8, 4) is 0 Å². The summed E-state index contributed by atoms with van der Waals surface area (Å²) in [6.45, 7) is 6.62. The van der Waals surface area contributed by atoms with E-state index in [4.69, 9.17) is 9.84 Å². The van der Waals surface area contributed by atoms with Crippen LogP contribution in [0.25, 0.3) is 0 Å². The van der Waals surface area contributed by atoms with Gasteiger partial charge in [0.05, 0.1) is 6.10 Å². The number of hydrogen-bond acceptors (Lipinski definition) is 4. The van der Waals surface area contributed by atoms with E-state index in [0.29, 0.717) is 38.9 Å². The van der Waals surface area contributed by atoms with E-state index in [0.717, 1.165) is 0 Å². The smallest absolute Gasteiger partial charge is 0.407 e. The van der Waals surface area contributed by atoms with Crippen molar-refractivity contribution in [1.82, 2.24) is 10.2 Å². The van der Waals surface area contributed by atoms with Gasteiger partial charge in [-0.05, 0) is 46.0 Å². The van der Waals surface area contributed by atoms with Crippen LogP contribution in [0.2, 0.25) is 0 Å². The van der Waals surface area contributed by atoms with Gasteiger partial charge < -0.3 is 25.2 Å². The molecule has 1 rings (SSSR count). The minimum atomic E-state index is -0.908. The van der Waals surface area contributed by atoms with Gasteiger partial charge in [0, 0.05) is 19.6 Å². The molecule has 2 amide bonds. The quantitative estimate of drug-likeness (QED) is 0.733. The van der Waals surface area contributed by atoms with E-state index < -0.39 is 23.9 Å². The van der Waals surface area contributed by atoms with E-state index in [-0.39, 0.29) is 5.92 Å². The normalized spacial score (nSPS) is 18.2. The molecule has 0 aromatic heterocycles. The number of aliphatic hydroxyl groups is 1. The van der Waals surface area contributed by atoms with Crippen molar-refractivity contribution in [1.29, 1.82) is 0 Å². The third-order valence-corrected chi connectivity index (χ3v) is 3.46. The minimum Gasteiger partial charge on any atom is -0.465 e. The number of aliphatic hydroxyl groups excluding tert-OH is 1. The predicted molar refractivity (Wildman–Crippen MR) is 77.2 cm³/mol. The van der Waals surface area contributed by atoms with Crippen LogP contribution in [0, 0.1) is 5.92 Å². The van der Waals surface area contributed by atoms with Crippen LogP contribution in [0.5, 0.6) is 0 Å². The fourth-order valence-electron chi connectivity index (χ4n) is 2.35. The van der Waals surface area contributed by atoms with Crippen LogP contribution in [0.15, 0.2) is 0 Å². The minimum absolute atomic E-state index is 0.0843. The third-order valence-electron chi connectivity index (χ3n) is 3.46. The maximum atomic E-state index is 11.4. The average Bonchev–Trinajstić information content (AvgIpc) is 2.36. The first-order valence-electron chi connectivity index (χ1n) is 7.32. The lowest BCUT2D eigenvalue weighted by molar-refractivity contribution is 0.0437. The van der Waals surface area contributed by atoms with E-state index in [1.54, 1.807) is 20.8 Å². The van der Waals surface area contributed by atoms with Gasteiger partial charge in [-0.1, -0.05) is 0 Å². The van der Waals surface area contributed by atoms with E-state index in [1.807, 2.05) is 0 Å². The van der Waals surface area contributed by atoms with Gasteiger partial charge in [0.25, 0.3) is 0 Å². The maximum Gasteiger partial charge on any atom is 0.407 e. The predicted octanol–water partition coefficient (Wildman–Crippen LogP) is 1.65. The van der Waals surface area contributed by atoms with Crippen molar-refractivity contribution in [2.45, 2.75) is 51.7 Å². The summed E-state index contributed by atoms with van der Waals surface area (Å²) in [7, 11) is 0. The number of carboxylic acid groups (broad SMARTS) is 1. The Hall–Kier alpha value is -1.50. The lowest BCUT2D eigenvalue weighted by Gasteiger charge is -2.32. The fraction of sp³-hybridized carbons (Fsp3) is 0.857. The highest BCUT2D eigenvalue weighted by atomic mass is 16.6. The van der Waals surface area contributed by atoms with Gasteiger partial charge in [-0.25, -0.2) is 9.59 Å². The van der Waals surface area contributed by atoms with E-state index >= 15 is 0 Å². The Labute approximate surface area is 125 Å². The number of hydrogen-bond donors (Lipinski definition) is 3. The molecule has 1 atom stereocenters. The monoisotopic (exact) mass is 302 g/mol. The first kappa shape index (κ1) is 17.6. The highest BCUT2D eigenvalue weighted by Gasteiger charge is 2.27. The van der Waals surface area contributed by atoms with Crippen LogP contribution in [0.1, 0.15) is 40.0 Å². The lowest BCUT2D eigenvalue weighted by Crippen LogP contribution is -2.41. The van der Waals surface area contributed by atoms with Crippen LogP contribution in [-0.2, 0) is 4.74 Å². The molecule has 0 aromatic rings. The molecule has 0 aromatic carbocycles. The first-order valence-corrected chi connectivity index (χ1v) is 7.32. The average molecular weight is 302 g/mol. The molecule has 1 fully saturated rings. The first-order chi connectivity index (χ1) is 9.69. The number of likely N-dealkylation sites (tertiary alicyclic amines) is 1. The summed E-state index contributed by atoms with van der Waals surface area (Å²) in [6.07, 6.45) is -0.183. The highest BCUT2D eigenvalue weighted by Crippen LogP contribution is 2.22. The Balaban J connectivity index is 2.21. The zero-order chi connectivity index (χ0) is 16.0. The number of ether oxygens (including phenoxy) is 1. The SMILES string of the molecule is CC(C)(C)OC(=O)NCCC(O)C1CCN(C(=O)O)CC1. The van der Waals surface area contributed by atoms with Crippen molar-refractivity contribution >= 4 is 12.2 Å². The number of amides is 2. The molecule has 1 aliphatic rings. The highest BCUT2D eigenvalue weighted by molar-refractivity contribution is 5.67. The molecule has 1 aliphatic heterocycles. The van der Waals surface area contributed by atoms with Gasteiger partial charge in [-0.2, -0.15) is 0 Å². The molecule has 7 nitrogen and oxygen atoms in total. The van der Waals surface area contributed by atoms with E-state index in [9.17, 15) is 14.7 Å². The van der Waals surface area contributed by atoms with Gasteiger partial charge in [0.15, 0.2) is 0 Å². The largest absolute Gasteiger partial charge is 0.465 e. The summed E-state index contributed by atoms with van der Waals surface area (Å²) in [5, 5.41) is 21.6. The zero-order valence-corrected chi connectivity index (χ0v) is 13.0. The summed E-state index contributed by atoms with van der Waals surface area (Å²) < 4.78 is 5.10. The molecule has 1 unspecified atom stereocenters. The Bertz CT molecular complexity index is 359. The van der Waals surface area contributed by atoms with Crippen molar-refractivity contribution in [2.75, 3.05) is 19.6 Å². The number of nitrogens with one attached hydrogen (secondary N) is 1. The van der Waals surface area contributed by atoms with E-state index in [1.165, 1.54) is 4.90 Å². The summed E-state index contributed by atoms with van der Waals surface area (Å²) in [4.78, 5) is 23.6. The second-order valence-corrected chi connectivity index (χ2v) is 6.39. The molecule has 0 saturated carbocycles. The molecular formula is C14H26N2O5. The number of carbonyl (C=O) groups is 2. The Morgan fingerprint density at radius 3 is 2.38 bits per heavy atom. The molecule has 0 spiro atoms. The standard InChI is InChI=1S/C14H26N2O5/c1-14(2,3)21-12(18)15-7-4-11(17)10-5-8-16(9-6-10)13(19)20/h10-11,17H,4-9H2,1-3H3,(H,15,18)(H,19,20). The van der Waals surface area contributed by atoms with Crippen LogP contribution < -0.4 is 5.32 Å². The van der Waals surface area contributed by atoms with Gasteiger partial charge in [-0.3, -0.25) is 0 Å². The summed E-state index contributed by atoms with van der Waals surface area (Å²) in [6, 6.07) is 0. The van der Waals surface area contributed by atoms with Crippen LogP contribution in [0.4, 0.5) is 9.59 Å². The van der Waals surface area contributed by atoms with Crippen molar-refractivity contribution in [3.63, 3.8) is 0 Å². The van der Waals surface area contributed by atoms with Gasteiger partial charge in [-0.15, -0.1) is 0 Å². The molecule has 21 heavy (non-hydrogen) atoms. The lowest BCUT2D eigenvalue weighted by atomic mass is 9.90. The Kier molecular flexibility index (Phi) is 6.26. The molecule has 0 radical (unpaired) electrons. The van der Waals surface area contributed by atoms with Crippen LogP contribution in [-0.4, -0.2) is 58.6 Å². The molecule has 3 N–H and O–H groups in total. The van der Waals surface area contributed by atoms with Crippen molar-refractivity contribution < 1.29 is 24.5 Å². The molecule has 7 heteroatoms. The van der Waals surface area contributed by atoms with Crippen molar-refractivity contribution in [2.24, 2.45) is 5.92 Å².